The largest absolute Gasteiger partial charge is 3.00 e. The maximum absolute atomic E-state index is 0. The molecular formula is H2K2O3Pr2. The fourth-order valence-corrected chi connectivity index (χ4v) is 0. The Bertz CT molecular complexity index is 17.8. The molecule has 0 saturated heterocycles. The van der Waals surface area contributed by atoms with Gasteiger partial charge in [0, 0.05) is 0 Å². The molecule has 0 aromatic rings. The van der Waals surface area contributed by atoms with E-state index in [9.17, 15) is 0 Å². The summed E-state index contributed by atoms with van der Waals surface area (Å²) < 4.78 is 0. The molecule has 0 aromatic heterocycles. The van der Waals surface area contributed by atoms with Crippen molar-refractivity contribution < 1.29 is 205 Å². The molecule has 0 aliphatic heterocycles. The molecule has 0 aliphatic rings. The van der Waals surface area contributed by atoms with Crippen LogP contribution in [-0.4, -0.2) is 0 Å². The summed E-state index contributed by atoms with van der Waals surface area (Å²) >= 11 is 0. The Morgan fingerprint density at radius 3 is 0.571 bits per heavy atom. The second-order valence-corrected chi connectivity index (χ2v) is 0. The third-order valence-corrected chi connectivity index (χ3v) is 0. The first-order valence-corrected chi connectivity index (χ1v) is 0. The zero-order chi connectivity index (χ0) is 0. The van der Waals surface area contributed by atoms with E-state index in [2.05, 4.69) is 0 Å². The van der Waals surface area contributed by atoms with Crippen molar-refractivity contribution in [3.8, 4) is 0 Å². The van der Waals surface area contributed by atoms with Gasteiger partial charge in [0.2, 0.25) is 0 Å². The molecule has 0 aromatic carbocycles. The van der Waals surface area contributed by atoms with Gasteiger partial charge in [-0.1, -0.05) is 0 Å². The zero-order valence-electron chi connectivity index (χ0n) is 6.38. The molecule has 0 rings (SSSR count). The van der Waals surface area contributed by atoms with Crippen molar-refractivity contribution in [1.29, 1.82) is 0 Å². The summed E-state index contributed by atoms with van der Waals surface area (Å²) in [5, 5.41) is 0. The van der Waals surface area contributed by atoms with E-state index in [1.165, 1.54) is 0 Å². The Hall–Kier alpha value is 5.88. The Balaban J connectivity index is 0. The van der Waals surface area contributed by atoms with Crippen molar-refractivity contribution in [2.24, 2.45) is 0 Å². The standard InChI is InChI=1S/2K.3O.2Pr.2H/q2*+1;3*-2;2*+3;2*-1. The third-order valence-electron chi connectivity index (χ3n) is 0. The molecule has 0 amide bonds. The molecule has 0 fully saturated rings. The average Bonchev–Trinajstić information content (AvgIpc) is 0. The van der Waals surface area contributed by atoms with E-state index in [-0.39, 0.29) is 205 Å². The smallest absolute Gasteiger partial charge is 2.00 e. The first-order chi connectivity index (χ1) is 0. The zero-order valence-corrected chi connectivity index (χ0v) is 18.0. The average molecular weight is 410 g/mol. The van der Waals surface area contributed by atoms with Crippen LogP contribution in [0, 0.1) is 82.6 Å². The van der Waals surface area contributed by atoms with Gasteiger partial charge in [-0.15, -0.1) is 0 Å². The van der Waals surface area contributed by atoms with Crippen molar-refractivity contribution >= 4 is 0 Å². The molecule has 0 N–H and O–H groups in total. The molecule has 0 saturated carbocycles. The molecule has 0 radical (unpaired) electrons. The first kappa shape index (κ1) is 52.6. The Morgan fingerprint density at radius 2 is 0.571 bits per heavy atom. The van der Waals surface area contributed by atoms with Crippen LogP contribution in [0.25, 0.3) is 0 Å². The van der Waals surface area contributed by atoms with E-state index in [1.54, 1.807) is 0 Å². The molecule has 0 aliphatic carbocycles. The van der Waals surface area contributed by atoms with Crippen molar-refractivity contribution in [2.75, 3.05) is 0 Å². The van der Waals surface area contributed by atoms with Crippen LogP contribution < -0.4 is 103 Å². The van der Waals surface area contributed by atoms with Crippen molar-refractivity contribution in [2.45, 2.75) is 0 Å². The van der Waals surface area contributed by atoms with Gasteiger partial charge in [0.1, 0.15) is 0 Å². The van der Waals surface area contributed by atoms with Crippen LogP contribution in [0.4, 0.5) is 0 Å². The van der Waals surface area contributed by atoms with E-state index in [0.717, 1.165) is 0 Å². The second-order valence-electron chi connectivity index (χ2n) is 0. The monoisotopic (exact) mass is 410 g/mol. The predicted octanol–water partition coefficient (Wildman–Crippen LogP) is -6.12. The fraction of sp³-hybridized carbons (Fsp3) is 0. The minimum absolute atomic E-state index is 0. The molecule has 0 atom stereocenters. The molecule has 7 heavy (non-hydrogen) atoms. The van der Waals surface area contributed by atoms with Crippen LogP contribution in [0.3, 0.4) is 0 Å². The van der Waals surface area contributed by atoms with Gasteiger partial charge in [0.15, 0.2) is 0 Å². The number of hydrogen-bond acceptors (Lipinski definition) is 0. The predicted molar refractivity (Wildman–Crippen MR) is 4.28 cm³/mol. The Labute approximate surface area is 198 Å². The SMILES string of the molecule is [H-].[H-].[K+].[K+].[O-2].[O-2].[O-2].[Pr+3].[Pr+3]. The first-order valence-electron chi connectivity index (χ1n) is 0. The summed E-state index contributed by atoms with van der Waals surface area (Å²) in [6.07, 6.45) is 0. The summed E-state index contributed by atoms with van der Waals surface area (Å²) in [5.74, 6) is 0. The van der Waals surface area contributed by atoms with Crippen LogP contribution in [0.2, 0.25) is 0 Å². The quantitative estimate of drug-likeness (QED) is 0.357. The minimum atomic E-state index is 0. The van der Waals surface area contributed by atoms with E-state index in [1.807, 2.05) is 0 Å². The van der Waals surface area contributed by atoms with Gasteiger partial charge in [0.05, 0.1) is 0 Å². The summed E-state index contributed by atoms with van der Waals surface area (Å²) in [6, 6.07) is 0. The van der Waals surface area contributed by atoms with Gasteiger partial charge >= 0.3 is 185 Å². The molecular weight excluding hydrogens is 408 g/mol. The summed E-state index contributed by atoms with van der Waals surface area (Å²) in [6.45, 7) is 0. The minimum Gasteiger partial charge on any atom is -2.00 e. The Morgan fingerprint density at radius 1 is 0.571 bits per heavy atom. The second kappa shape index (κ2) is 40.7. The van der Waals surface area contributed by atoms with Crippen molar-refractivity contribution in [3.63, 3.8) is 0 Å². The van der Waals surface area contributed by atoms with E-state index < -0.39 is 0 Å². The van der Waals surface area contributed by atoms with E-state index in [4.69, 9.17) is 0 Å². The third kappa shape index (κ3) is 33.5. The van der Waals surface area contributed by atoms with Crippen LogP contribution >= 0.6 is 0 Å². The van der Waals surface area contributed by atoms with Crippen molar-refractivity contribution in [1.82, 2.24) is 0 Å². The molecule has 28 valence electrons. The summed E-state index contributed by atoms with van der Waals surface area (Å²) in [5.41, 5.74) is 0. The van der Waals surface area contributed by atoms with Gasteiger partial charge in [0.25, 0.3) is 0 Å². The Kier molecular flexibility index (Phi) is 306. The van der Waals surface area contributed by atoms with Crippen LogP contribution in [0.1, 0.15) is 2.85 Å². The molecule has 7 heteroatoms. The summed E-state index contributed by atoms with van der Waals surface area (Å²) in [4.78, 5) is 0. The fourth-order valence-electron chi connectivity index (χ4n) is 0. The van der Waals surface area contributed by atoms with E-state index >= 15 is 0 Å². The molecule has 3 nitrogen and oxygen atoms in total. The molecule has 0 heterocycles. The van der Waals surface area contributed by atoms with Crippen LogP contribution in [0.15, 0.2) is 0 Å². The molecule has 0 unspecified atom stereocenters. The maximum atomic E-state index is 0. The number of hydrogen-bond donors (Lipinski definition) is 0. The van der Waals surface area contributed by atoms with Gasteiger partial charge in [-0.25, -0.2) is 0 Å². The van der Waals surface area contributed by atoms with Gasteiger partial charge in [-0.2, -0.15) is 0 Å². The van der Waals surface area contributed by atoms with Gasteiger partial charge in [-0.3, -0.25) is 0 Å². The van der Waals surface area contributed by atoms with E-state index in [0.29, 0.717) is 0 Å². The van der Waals surface area contributed by atoms with Crippen LogP contribution in [-0.2, 0) is 16.4 Å². The molecule has 0 bridgehead atoms. The number of rotatable bonds is 0. The molecule has 0 spiro atoms. The summed E-state index contributed by atoms with van der Waals surface area (Å²) in [7, 11) is 0. The van der Waals surface area contributed by atoms with Gasteiger partial charge < -0.3 is 19.3 Å². The topological polar surface area (TPSA) is 85.5 Å². The van der Waals surface area contributed by atoms with Crippen molar-refractivity contribution in [3.05, 3.63) is 0 Å². The van der Waals surface area contributed by atoms with Gasteiger partial charge in [-0.05, 0) is 0 Å². The maximum Gasteiger partial charge on any atom is 3.00 e. The normalized spacial score (nSPS) is 0. The van der Waals surface area contributed by atoms with Crippen LogP contribution in [0.5, 0.6) is 0 Å².